The average Bonchev–Trinajstić information content (AvgIpc) is 2.77. The summed E-state index contributed by atoms with van der Waals surface area (Å²) in [5.41, 5.74) is 3.16. The number of fused-ring (bicyclic) bond motifs is 1. The number of rotatable bonds is 3. The molecule has 0 aliphatic rings. The first-order chi connectivity index (χ1) is 9.22. The third kappa shape index (κ3) is 2.40. The fourth-order valence-electron chi connectivity index (χ4n) is 1.93. The number of aromatic nitrogens is 3. The Labute approximate surface area is 109 Å². The van der Waals surface area contributed by atoms with Gasteiger partial charge in [-0.05, 0) is 19.1 Å². The highest BCUT2D eigenvalue weighted by Crippen LogP contribution is 2.14. The van der Waals surface area contributed by atoms with Gasteiger partial charge in [0.15, 0.2) is 5.65 Å². The molecule has 1 aromatic carbocycles. The molecule has 0 aliphatic heterocycles. The van der Waals surface area contributed by atoms with Crippen LogP contribution in [0.5, 0.6) is 0 Å². The molecule has 0 spiro atoms. The summed E-state index contributed by atoms with van der Waals surface area (Å²) < 4.78 is 15.2. The molecule has 0 amide bonds. The fourth-order valence-corrected chi connectivity index (χ4v) is 1.93. The molecule has 3 aromatic rings. The molecule has 0 aliphatic carbocycles. The molecule has 5 heteroatoms. The first-order valence-corrected chi connectivity index (χ1v) is 6.02. The van der Waals surface area contributed by atoms with E-state index in [1.54, 1.807) is 28.9 Å². The number of nitrogens with one attached hydrogen (secondary N) is 1. The second-order valence-corrected chi connectivity index (χ2v) is 4.38. The van der Waals surface area contributed by atoms with E-state index >= 15 is 0 Å². The molecular formula is C14H13FN4. The molecule has 2 heterocycles. The molecule has 4 nitrogen and oxygen atoms in total. The van der Waals surface area contributed by atoms with Gasteiger partial charge in [-0.15, -0.1) is 0 Å². The summed E-state index contributed by atoms with van der Waals surface area (Å²) in [7, 11) is 0. The summed E-state index contributed by atoms with van der Waals surface area (Å²) in [6.45, 7) is 2.43. The molecule has 0 unspecified atom stereocenters. The van der Waals surface area contributed by atoms with Crippen molar-refractivity contribution in [3.05, 3.63) is 59.8 Å². The third-order valence-corrected chi connectivity index (χ3v) is 2.85. The Balaban J connectivity index is 1.80. The van der Waals surface area contributed by atoms with Crippen molar-refractivity contribution in [2.24, 2.45) is 0 Å². The molecule has 1 N–H and O–H groups in total. The summed E-state index contributed by atoms with van der Waals surface area (Å²) in [5.74, 6) is -0.258. The molecule has 0 atom stereocenters. The van der Waals surface area contributed by atoms with Crippen molar-refractivity contribution in [3.63, 3.8) is 0 Å². The highest BCUT2D eigenvalue weighted by Gasteiger charge is 2.03. The van der Waals surface area contributed by atoms with Crippen LogP contribution in [0.15, 0.2) is 42.7 Å². The number of nitrogens with zero attached hydrogens (tertiary/aromatic N) is 3. The van der Waals surface area contributed by atoms with Gasteiger partial charge in [0.1, 0.15) is 5.82 Å². The maximum atomic E-state index is 13.5. The van der Waals surface area contributed by atoms with Crippen molar-refractivity contribution < 1.29 is 4.39 Å². The van der Waals surface area contributed by atoms with Gasteiger partial charge in [-0.2, -0.15) is 5.10 Å². The Morgan fingerprint density at radius 3 is 3.00 bits per heavy atom. The van der Waals surface area contributed by atoms with Crippen molar-refractivity contribution in [2.75, 3.05) is 5.32 Å². The first kappa shape index (κ1) is 11.6. The van der Waals surface area contributed by atoms with Gasteiger partial charge < -0.3 is 5.32 Å². The van der Waals surface area contributed by atoms with Gasteiger partial charge in [-0.3, -0.25) is 0 Å². The van der Waals surface area contributed by atoms with Crippen LogP contribution in [0.1, 0.15) is 11.3 Å². The van der Waals surface area contributed by atoms with Gasteiger partial charge in [-0.25, -0.2) is 13.9 Å². The Morgan fingerprint density at radius 1 is 1.32 bits per heavy atom. The summed E-state index contributed by atoms with van der Waals surface area (Å²) >= 11 is 0. The van der Waals surface area contributed by atoms with E-state index in [4.69, 9.17) is 0 Å². The highest BCUT2D eigenvalue weighted by atomic mass is 19.1. The first-order valence-electron chi connectivity index (χ1n) is 6.02. The van der Waals surface area contributed by atoms with Crippen LogP contribution in [0, 0.1) is 12.7 Å². The van der Waals surface area contributed by atoms with Crippen molar-refractivity contribution >= 4 is 11.3 Å². The topological polar surface area (TPSA) is 42.2 Å². The highest BCUT2D eigenvalue weighted by molar-refractivity contribution is 5.45. The molecule has 0 saturated heterocycles. The maximum absolute atomic E-state index is 13.5. The van der Waals surface area contributed by atoms with Gasteiger partial charge in [0.05, 0.1) is 11.4 Å². The molecular weight excluding hydrogens is 243 g/mol. The quantitative estimate of drug-likeness (QED) is 0.783. The molecule has 19 heavy (non-hydrogen) atoms. The van der Waals surface area contributed by atoms with Crippen LogP contribution in [0.4, 0.5) is 10.1 Å². The van der Waals surface area contributed by atoms with Crippen LogP contribution in [0.25, 0.3) is 5.65 Å². The lowest BCUT2D eigenvalue weighted by Gasteiger charge is -2.07. The van der Waals surface area contributed by atoms with Crippen LogP contribution in [-0.4, -0.2) is 14.6 Å². The number of halogens is 1. The minimum atomic E-state index is -0.258. The number of hydrogen-bond donors (Lipinski definition) is 1. The lowest BCUT2D eigenvalue weighted by molar-refractivity contribution is 0.630. The summed E-state index contributed by atoms with van der Waals surface area (Å²) in [4.78, 5) is 4.30. The van der Waals surface area contributed by atoms with E-state index < -0.39 is 0 Å². The number of aryl methyl sites for hydroxylation is 1. The fraction of sp³-hybridized carbons (Fsp3) is 0.143. The van der Waals surface area contributed by atoms with Crippen LogP contribution in [0.2, 0.25) is 0 Å². The number of para-hydroxylation sites is 1. The van der Waals surface area contributed by atoms with E-state index in [1.807, 2.05) is 19.2 Å². The third-order valence-electron chi connectivity index (χ3n) is 2.85. The van der Waals surface area contributed by atoms with Crippen LogP contribution in [0.3, 0.4) is 0 Å². The molecule has 0 fully saturated rings. The van der Waals surface area contributed by atoms with Crippen LogP contribution >= 0.6 is 0 Å². The summed E-state index contributed by atoms with van der Waals surface area (Å²) in [5, 5.41) is 7.34. The minimum absolute atomic E-state index is 0.258. The van der Waals surface area contributed by atoms with E-state index in [-0.39, 0.29) is 5.82 Å². The zero-order valence-electron chi connectivity index (χ0n) is 10.5. The van der Waals surface area contributed by atoms with Gasteiger partial charge in [0, 0.05) is 30.6 Å². The lowest BCUT2D eigenvalue weighted by atomic mass is 10.3. The summed E-state index contributed by atoms with van der Waals surface area (Å²) in [6, 6.07) is 8.51. The molecule has 0 saturated carbocycles. The normalized spacial score (nSPS) is 10.8. The molecule has 2 aromatic heterocycles. The molecule has 3 rings (SSSR count). The number of anilines is 1. The predicted molar refractivity (Wildman–Crippen MR) is 71.5 cm³/mol. The number of benzene rings is 1. The molecule has 0 radical (unpaired) electrons. The van der Waals surface area contributed by atoms with E-state index in [0.29, 0.717) is 12.2 Å². The van der Waals surface area contributed by atoms with Crippen molar-refractivity contribution in [2.45, 2.75) is 13.5 Å². The van der Waals surface area contributed by atoms with E-state index in [9.17, 15) is 4.39 Å². The van der Waals surface area contributed by atoms with Crippen LogP contribution in [-0.2, 0) is 6.54 Å². The Kier molecular flexibility index (Phi) is 2.87. The van der Waals surface area contributed by atoms with Crippen molar-refractivity contribution in [1.82, 2.24) is 14.6 Å². The minimum Gasteiger partial charge on any atom is -0.378 e. The van der Waals surface area contributed by atoms with E-state index in [0.717, 1.165) is 16.9 Å². The van der Waals surface area contributed by atoms with Gasteiger partial charge >= 0.3 is 0 Å². The Bertz CT molecular complexity index is 720. The summed E-state index contributed by atoms with van der Waals surface area (Å²) in [6.07, 6.45) is 3.66. The second-order valence-electron chi connectivity index (χ2n) is 4.38. The van der Waals surface area contributed by atoms with E-state index in [2.05, 4.69) is 15.4 Å². The largest absolute Gasteiger partial charge is 0.378 e. The second kappa shape index (κ2) is 4.68. The van der Waals surface area contributed by atoms with Gasteiger partial charge in [0.25, 0.3) is 0 Å². The van der Waals surface area contributed by atoms with Gasteiger partial charge in [-0.1, -0.05) is 12.1 Å². The molecule has 0 bridgehead atoms. The number of hydrogen-bond acceptors (Lipinski definition) is 3. The Hall–Kier alpha value is -2.43. The monoisotopic (exact) mass is 256 g/mol. The molecule has 96 valence electrons. The predicted octanol–water partition coefficient (Wildman–Crippen LogP) is 2.79. The maximum Gasteiger partial charge on any atom is 0.155 e. The average molecular weight is 256 g/mol. The smallest absolute Gasteiger partial charge is 0.155 e. The standard InChI is InChI=1S/C14H13FN4/c1-10-6-14-17-8-11(9-19(14)18-10)7-16-13-5-3-2-4-12(13)15/h2-6,8-9,16H,7H2,1H3. The SMILES string of the molecule is Cc1cc2ncc(CNc3ccccc3F)cn2n1. The van der Waals surface area contributed by atoms with Crippen molar-refractivity contribution in [1.29, 1.82) is 0 Å². The van der Waals surface area contributed by atoms with Gasteiger partial charge in [0.2, 0.25) is 0 Å². The Morgan fingerprint density at radius 2 is 2.16 bits per heavy atom. The lowest BCUT2D eigenvalue weighted by Crippen LogP contribution is -2.03. The van der Waals surface area contributed by atoms with Crippen molar-refractivity contribution in [3.8, 4) is 0 Å². The van der Waals surface area contributed by atoms with E-state index in [1.165, 1.54) is 6.07 Å². The zero-order valence-corrected chi connectivity index (χ0v) is 10.5. The zero-order chi connectivity index (χ0) is 13.2. The van der Waals surface area contributed by atoms with Crippen LogP contribution < -0.4 is 5.32 Å².